The lowest BCUT2D eigenvalue weighted by molar-refractivity contribution is -0.119. The Bertz CT molecular complexity index is 392. The average Bonchev–Trinajstić information content (AvgIpc) is 2.27. The van der Waals surface area contributed by atoms with Gasteiger partial charge in [0.15, 0.2) is 11.5 Å². The van der Waals surface area contributed by atoms with E-state index in [-0.39, 0.29) is 0 Å². The van der Waals surface area contributed by atoms with Gasteiger partial charge in [-0.1, -0.05) is 6.07 Å². The van der Waals surface area contributed by atoms with Crippen molar-refractivity contribution in [3.8, 4) is 11.5 Å². The summed E-state index contributed by atoms with van der Waals surface area (Å²) in [6.07, 6.45) is 0. The molecular formula is C10H12N2O3. The van der Waals surface area contributed by atoms with Crippen LogP contribution in [0, 0.1) is 0 Å². The van der Waals surface area contributed by atoms with Crippen LogP contribution in [0.2, 0.25) is 0 Å². The number of rotatable bonds is 2. The van der Waals surface area contributed by atoms with Crippen LogP contribution in [0.3, 0.4) is 0 Å². The van der Waals surface area contributed by atoms with E-state index in [1.54, 1.807) is 18.2 Å². The number of nitrogens with two attached hydrogens (primary N) is 2. The fraction of sp³-hybridized carbons (Fsp3) is 0.300. The zero-order chi connectivity index (χ0) is 10.8. The zero-order valence-corrected chi connectivity index (χ0v) is 8.10. The molecule has 0 spiro atoms. The summed E-state index contributed by atoms with van der Waals surface area (Å²) >= 11 is 0. The van der Waals surface area contributed by atoms with Crippen molar-refractivity contribution in [2.24, 2.45) is 11.5 Å². The van der Waals surface area contributed by atoms with Crippen LogP contribution in [0.4, 0.5) is 0 Å². The molecule has 0 saturated carbocycles. The summed E-state index contributed by atoms with van der Waals surface area (Å²) in [5, 5.41) is 0. The van der Waals surface area contributed by atoms with Gasteiger partial charge in [-0.15, -0.1) is 0 Å². The Hall–Kier alpha value is -1.75. The van der Waals surface area contributed by atoms with Gasteiger partial charge in [0.05, 0.1) is 0 Å². The Labute approximate surface area is 87.0 Å². The van der Waals surface area contributed by atoms with Crippen molar-refractivity contribution in [1.82, 2.24) is 0 Å². The van der Waals surface area contributed by atoms with E-state index in [0.29, 0.717) is 30.3 Å². The second-order valence-corrected chi connectivity index (χ2v) is 3.28. The van der Waals surface area contributed by atoms with E-state index in [1.807, 2.05) is 0 Å². The number of amides is 1. The number of benzene rings is 1. The Balaban J connectivity index is 2.31. The Kier molecular flexibility index (Phi) is 2.47. The molecule has 5 nitrogen and oxygen atoms in total. The predicted octanol–water partition coefficient (Wildman–Crippen LogP) is -0.0571. The topological polar surface area (TPSA) is 87.6 Å². The molecule has 1 aliphatic rings. The molecule has 0 aromatic heterocycles. The van der Waals surface area contributed by atoms with Crippen molar-refractivity contribution in [3.63, 3.8) is 0 Å². The number of hydrogen-bond donors (Lipinski definition) is 2. The number of ether oxygens (including phenoxy) is 2. The van der Waals surface area contributed by atoms with Crippen LogP contribution in [0.1, 0.15) is 11.6 Å². The summed E-state index contributed by atoms with van der Waals surface area (Å²) in [6, 6.07) is 4.32. The van der Waals surface area contributed by atoms with Crippen LogP contribution in [0.25, 0.3) is 0 Å². The molecule has 1 aromatic rings. The first-order valence-electron chi connectivity index (χ1n) is 4.63. The number of carbonyl (C=O) groups excluding carboxylic acids is 1. The molecule has 1 atom stereocenters. The summed E-state index contributed by atoms with van der Waals surface area (Å²) in [5.41, 5.74) is 11.3. The molecule has 0 saturated heterocycles. The first-order chi connectivity index (χ1) is 7.18. The number of fused-ring (bicyclic) bond motifs is 1. The molecule has 1 amide bonds. The van der Waals surface area contributed by atoms with E-state index < -0.39 is 11.9 Å². The van der Waals surface area contributed by atoms with Crippen molar-refractivity contribution in [2.75, 3.05) is 13.2 Å². The number of hydrogen-bond acceptors (Lipinski definition) is 4. The number of carbonyl (C=O) groups is 1. The van der Waals surface area contributed by atoms with E-state index in [1.165, 1.54) is 0 Å². The van der Waals surface area contributed by atoms with E-state index in [9.17, 15) is 4.79 Å². The molecule has 5 heteroatoms. The molecule has 0 radical (unpaired) electrons. The van der Waals surface area contributed by atoms with E-state index in [4.69, 9.17) is 20.9 Å². The third kappa shape index (κ3) is 1.87. The highest BCUT2D eigenvalue weighted by molar-refractivity contribution is 5.81. The molecule has 1 unspecified atom stereocenters. The minimum atomic E-state index is -0.805. The summed E-state index contributed by atoms with van der Waals surface area (Å²) in [5.74, 6) is 0.712. The van der Waals surface area contributed by atoms with Gasteiger partial charge < -0.3 is 20.9 Å². The van der Waals surface area contributed by atoms with Gasteiger partial charge in [-0.05, 0) is 17.7 Å². The first kappa shape index (κ1) is 9.79. The molecular weight excluding hydrogens is 196 g/mol. The highest BCUT2D eigenvalue weighted by Crippen LogP contribution is 2.32. The van der Waals surface area contributed by atoms with Gasteiger partial charge in [-0.25, -0.2) is 0 Å². The zero-order valence-electron chi connectivity index (χ0n) is 8.10. The van der Waals surface area contributed by atoms with Crippen LogP contribution in [-0.2, 0) is 4.79 Å². The number of primary amides is 1. The van der Waals surface area contributed by atoms with Crippen molar-refractivity contribution < 1.29 is 14.3 Å². The first-order valence-corrected chi connectivity index (χ1v) is 4.63. The van der Waals surface area contributed by atoms with Gasteiger partial charge in [0.25, 0.3) is 0 Å². The molecule has 0 fully saturated rings. The van der Waals surface area contributed by atoms with Crippen molar-refractivity contribution in [1.29, 1.82) is 0 Å². The second-order valence-electron chi connectivity index (χ2n) is 3.28. The highest BCUT2D eigenvalue weighted by atomic mass is 16.6. The third-order valence-electron chi connectivity index (χ3n) is 2.23. The Morgan fingerprint density at radius 1 is 1.27 bits per heavy atom. The smallest absolute Gasteiger partial charge is 0.238 e. The fourth-order valence-electron chi connectivity index (χ4n) is 1.42. The van der Waals surface area contributed by atoms with Gasteiger partial charge in [-0.2, -0.15) is 0 Å². The lowest BCUT2D eigenvalue weighted by Gasteiger charge is -2.19. The van der Waals surface area contributed by atoms with Crippen LogP contribution in [0.15, 0.2) is 18.2 Å². The molecule has 1 aliphatic heterocycles. The highest BCUT2D eigenvalue weighted by Gasteiger charge is 2.17. The summed E-state index contributed by atoms with van der Waals surface area (Å²) in [4.78, 5) is 10.9. The summed E-state index contributed by atoms with van der Waals surface area (Å²) < 4.78 is 10.7. The molecule has 1 heterocycles. The summed E-state index contributed by atoms with van der Waals surface area (Å²) in [7, 11) is 0. The molecule has 2 rings (SSSR count). The third-order valence-corrected chi connectivity index (χ3v) is 2.23. The maximum atomic E-state index is 10.9. The summed E-state index contributed by atoms with van der Waals surface area (Å²) in [6.45, 7) is 1.04. The van der Waals surface area contributed by atoms with Gasteiger partial charge >= 0.3 is 0 Å². The van der Waals surface area contributed by atoms with Crippen LogP contribution < -0.4 is 20.9 Å². The van der Waals surface area contributed by atoms with E-state index in [0.717, 1.165) is 0 Å². The van der Waals surface area contributed by atoms with Crippen molar-refractivity contribution in [2.45, 2.75) is 6.04 Å². The predicted molar refractivity (Wildman–Crippen MR) is 53.6 cm³/mol. The van der Waals surface area contributed by atoms with E-state index >= 15 is 0 Å². The lowest BCUT2D eigenvalue weighted by atomic mass is 10.1. The van der Waals surface area contributed by atoms with Crippen LogP contribution >= 0.6 is 0 Å². The van der Waals surface area contributed by atoms with Gasteiger partial charge in [0, 0.05) is 0 Å². The van der Waals surface area contributed by atoms with Gasteiger partial charge in [0.2, 0.25) is 5.91 Å². The largest absolute Gasteiger partial charge is 0.486 e. The molecule has 80 valence electrons. The molecule has 1 aromatic carbocycles. The normalized spacial score (nSPS) is 15.8. The second kappa shape index (κ2) is 3.78. The maximum absolute atomic E-state index is 10.9. The molecule has 0 bridgehead atoms. The lowest BCUT2D eigenvalue weighted by Crippen LogP contribution is -2.28. The SMILES string of the molecule is NC(=O)C(N)c1ccc2c(c1)OCCO2. The molecule has 0 aliphatic carbocycles. The quantitative estimate of drug-likeness (QED) is 0.712. The van der Waals surface area contributed by atoms with Crippen molar-refractivity contribution >= 4 is 5.91 Å². The standard InChI is InChI=1S/C10H12N2O3/c11-9(10(12)13)6-1-2-7-8(5-6)15-4-3-14-7/h1-2,5,9H,3-4,11H2,(H2,12,13). The Morgan fingerprint density at radius 2 is 1.93 bits per heavy atom. The van der Waals surface area contributed by atoms with Gasteiger partial charge in [-0.3, -0.25) is 4.79 Å². The monoisotopic (exact) mass is 208 g/mol. The molecule has 4 N–H and O–H groups in total. The van der Waals surface area contributed by atoms with Crippen LogP contribution in [0.5, 0.6) is 11.5 Å². The van der Waals surface area contributed by atoms with Crippen LogP contribution in [-0.4, -0.2) is 19.1 Å². The fourth-order valence-corrected chi connectivity index (χ4v) is 1.42. The Morgan fingerprint density at radius 3 is 2.60 bits per heavy atom. The van der Waals surface area contributed by atoms with E-state index in [2.05, 4.69) is 0 Å². The minimum Gasteiger partial charge on any atom is -0.486 e. The van der Waals surface area contributed by atoms with Crippen molar-refractivity contribution in [3.05, 3.63) is 23.8 Å². The van der Waals surface area contributed by atoms with Gasteiger partial charge in [0.1, 0.15) is 19.3 Å². The maximum Gasteiger partial charge on any atom is 0.238 e. The average molecular weight is 208 g/mol. The molecule has 15 heavy (non-hydrogen) atoms. The minimum absolute atomic E-state index is 0.502.